The average Bonchev–Trinajstić information content (AvgIpc) is 2.61. The molecule has 0 saturated heterocycles. The fourth-order valence-corrected chi connectivity index (χ4v) is 2.30. The number of nitrogens with zero attached hydrogens (tertiary/aromatic N) is 1. The van der Waals surface area contributed by atoms with Crippen LogP contribution in [0.4, 0.5) is 23.4 Å². The van der Waals surface area contributed by atoms with E-state index in [0.717, 1.165) is 19.3 Å². The SMILES string of the molecule is C[C@@]1(Nc2ncc(C(F)(F)F)cc2F)CCC[C@H]1N. The van der Waals surface area contributed by atoms with E-state index in [9.17, 15) is 17.6 Å². The van der Waals surface area contributed by atoms with Gasteiger partial charge in [-0.2, -0.15) is 13.2 Å². The third kappa shape index (κ3) is 2.80. The first-order valence-electron chi connectivity index (χ1n) is 5.99. The summed E-state index contributed by atoms with van der Waals surface area (Å²) < 4.78 is 50.8. The van der Waals surface area contributed by atoms with Gasteiger partial charge >= 0.3 is 6.18 Å². The summed E-state index contributed by atoms with van der Waals surface area (Å²) in [6, 6.07) is 0.273. The first-order chi connectivity index (χ1) is 8.72. The molecule has 0 aromatic carbocycles. The molecule has 0 amide bonds. The Labute approximate surface area is 108 Å². The van der Waals surface area contributed by atoms with Crippen LogP contribution in [0.5, 0.6) is 0 Å². The number of halogens is 4. The Balaban J connectivity index is 2.23. The van der Waals surface area contributed by atoms with Gasteiger partial charge in [0.2, 0.25) is 0 Å². The van der Waals surface area contributed by atoms with Gasteiger partial charge in [-0.05, 0) is 32.3 Å². The molecule has 1 heterocycles. The highest BCUT2D eigenvalue weighted by Gasteiger charge is 2.38. The highest BCUT2D eigenvalue weighted by atomic mass is 19.4. The number of hydrogen-bond acceptors (Lipinski definition) is 3. The van der Waals surface area contributed by atoms with E-state index in [1.54, 1.807) is 0 Å². The lowest BCUT2D eigenvalue weighted by atomic mass is 9.96. The fourth-order valence-electron chi connectivity index (χ4n) is 2.30. The summed E-state index contributed by atoms with van der Waals surface area (Å²) in [4.78, 5) is 3.53. The Bertz CT molecular complexity index is 475. The number of nitrogens with two attached hydrogens (primary N) is 1. The number of nitrogens with one attached hydrogen (secondary N) is 1. The van der Waals surface area contributed by atoms with E-state index >= 15 is 0 Å². The normalized spacial score (nSPS) is 27.6. The zero-order valence-corrected chi connectivity index (χ0v) is 10.4. The average molecular weight is 277 g/mol. The van der Waals surface area contributed by atoms with E-state index in [0.29, 0.717) is 12.3 Å². The second-order valence-corrected chi connectivity index (χ2v) is 5.09. The molecule has 1 aliphatic carbocycles. The monoisotopic (exact) mass is 277 g/mol. The Kier molecular flexibility index (Phi) is 3.42. The molecule has 1 aromatic rings. The lowest BCUT2D eigenvalue weighted by molar-refractivity contribution is -0.138. The predicted octanol–water partition coefficient (Wildman–Crippen LogP) is 2.92. The zero-order chi connectivity index (χ0) is 14.3. The lowest BCUT2D eigenvalue weighted by Gasteiger charge is -2.31. The van der Waals surface area contributed by atoms with Crippen molar-refractivity contribution >= 4 is 5.82 Å². The highest BCUT2D eigenvalue weighted by molar-refractivity contribution is 5.42. The molecule has 3 nitrogen and oxygen atoms in total. The van der Waals surface area contributed by atoms with Crippen LogP contribution in [0.3, 0.4) is 0 Å². The fraction of sp³-hybridized carbons (Fsp3) is 0.583. The zero-order valence-electron chi connectivity index (χ0n) is 10.4. The van der Waals surface area contributed by atoms with E-state index in [2.05, 4.69) is 10.3 Å². The van der Waals surface area contributed by atoms with Gasteiger partial charge in [0, 0.05) is 12.2 Å². The molecular formula is C12H15F4N3. The Morgan fingerprint density at radius 3 is 2.63 bits per heavy atom. The van der Waals surface area contributed by atoms with E-state index < -0.39 is 23.1 Å². The van der Waals surface area contributed by atoms with E-state index in [1.807, 2.05) is 6.92 Å². The molecule has 3 N–H and O–H groups in total. The Morgan fingerprint density at radius 2 is 2.16 bits per heavy atom. The Hall–Kier alpha value is -1.37. The van der Waals surface area contributed by atoms with Crippen LogP contribution in [-0.4, -0.2) is 16.6 Å². The van der Waals surface area contributed by atoms with E-state index in [4.69, 9.17) is 5.73 Å². The van der Waals surface area contributed by atoms with Gasteiger partial charge in [0.15, 0.2) is 11.6 Å². The van der Waals surface area contributed by atoms with Crippen molar-refractivity contribution in [2.75, 3.05) is 5.32 Å². The number of aromatic nitrogens is 1. The van der Waals surface area contributed by atoms with Gasteiger partial charge in [-0.15, -0.1) is 0 Å². The van der Waals surface area contributed by atoms with Crippen LogP contribution in [0.1, 0.15) is 31.7 Å². The molecule has 0 spiro atoms. The minimum Gasteiger partial charge on any atom is -0.361 e. The largest absolute Gasteiger partial charge is 0.417 e. The molecule has 7 heteroatoms. The maximum atomic E-state index is 13.7. The smallest absolute Gasteiger partial charge is 0.361 e. The molecule has 0 bridgehead atoms. The Morgan fingerprint density at radius 1 is 1.47 bits per heavy atom. The molecule has 0 aliphatic heterocycles. The summed E-state index contributed by atoms with van der Waals surface area (Å²) in [5, 5.41) is 2.84. The van der Waals surface area contributed by atoms with Crippen LogP contribution in [0.15, 0.2) is 12.3 Å². The second-order valence-electron chi connectivity index (χ2n) is 5.09. The van der Waals surface area contributed by atoms with Crippen molar-refractivity contribution in [2.45, 2.75) is 43.9 Å². The molecule has 106 valence electrons. The summed E-state index contributed by atoms with van der Waals surface area (Å²) in [5.74, 6) is -1.21. The van der Waals surface area contributed by atoms with Crippen LogP contribution in [0.25, 0.3) is 0 Å². The molecule has 1 fully saturated rings. The topological polar surface area (TPSA) is 50.9 Å². The van der Waals surface area contributed by atoms with Crippen LogP contribution in [0, 0.1) is 5.82 Å². The number of anilines is 1. The number of rotatable bonds is 2. The van der Waals surface area contributed by atoms with Crippen LogP contribution >= 0.6 is 0 Å². The van der Waals surface area contributed by atoms with Crippen molar-refractivity contribution < 1.29 is 17.6 Å². The molecule has 2 rings (SSSR count). The number of alkyl halides is 3. The summed E-state index contributed by atoms with van der Waals surface area (Å²) in [6.45, 7) is 1.82. The highest BCUT2D eigenvalue weighted by Crippen LogP contribution is 2.34. The van der Waals surface area contributed by atoms with Gasteiger partial charge < -0.3 is 11.1 Å². The van der Waals surface area contributed by atoms with Gasteiger partial charge in [0.25, 0.3) is 0 Å². The lowest BCUT2D eigenvalue weighted by Crippen LogP contribution is -2.47. The van der Waals surface area contributed by atoms with Crippen molar-refractivity contribution in [2.24, 2.45) is 5.73 Å². The molecule has 0 unspecified atom stereocenters. The van der Waals surface area contributed by atoms with Gasteiger partial charge in [-0.3, -0.25) is 0 Å². The summed E-state index contributed by atoms with van der Waals surface area (Å²) in [6.07, 6.45) is -1.55. The van der Waals surface area contributed by atoms with Gasteiger partial charge in [-0.25, -0.2) is 9.37 Å². The number of pyridine rings is 1. The van der Waals surface area contributed by atoms with Crippen molar-refractivity contribution in [3.05, 3.63) is 23.6 Å². The van der Waals surface area contributed by atoms with E-state index in [-0.39, 0.29) is 11.9 Å². The van der Waals surface area contributed by atoms with E-state index in [1.165, 1.54) is 0 Å². The van der Waals surface area contributed by atoms with Crippen molar-refractivity contribution in [1.82, 2.24) is 4.98 Å². The number of hydrogen-bond donors (Lipinski definition) is 2. The van der Waals surface area contributed by atoms with Crippen LogP contribution in [-0.2, 0) is 6.18 Å². The van der Waals surface area contributed by atoms with Gasteiger partial charge in [0.05, 0.1) is 11.1 Å². The second kappa shape index (κ2) is 4.63. The third-order valence-electron chi connectivity index (χ3n) is 3.60. The molecule has 1 aliphatic rings. The molecule has 2 atom stereocenters. The maximum absolute atomic E-state index is 13.7. The summed E-state index contributed by atoms with van der Waals surface area (Å²) >= 11 is 0. The summed E-state index contributed by atoms with van der Waals surface area (Å²) in [7, 11) is 0. The maximum Gasteiger partial charge on any atom is 0.417 e. The molecule has 19 heavy (non-hydrogen) atoms. The standard InChI is InChI=1S/C12H15F4N3/c1-11(4-2-3-9(11)17)19-10-8(13)5-7(6-18-10)12(14,15)16/h5-6,9H,2-4,17H2,1H3,(H,18,19)/t9-,11-/m1/s1. The van der Waals surface area contributed by atoms with Crippen molar-refractivity contribution in [1.29, 1.82) is 0 Å². The summed E-state index contributed by atoms with van der Waals surface area (Å²) in [5.41, 5.74) is 4.28. The molecule has 1 saturated carbocycles. The van der Waals surface area contributed by atoms with Crippen LogP contribution < -0.4 is 11.1 Å². The first-order valence-corrected chi connectivity index (χ1v) is 5.99. The van der Waals surface area contributed by atoms with Crippen molar-refractivity contribution in [3.8, 4) is 0 Å². The van der Waals surface area contributed by atoms with Crippen LogP contribution in [0.2, 0.25) is 0 Å². The minimum atomic E-state index is -4.60. The minimum absolute atomic E-state index is 0.170. The third-order valence-corrected chi connectivity index (χ3v) is 3.60. The molecular weight excluding hydrogens is 262 g/mol. The predicted molar refractivity (Wildman–Crippen MR) is 63.1 cm³/mol. The van der Waals surface area contributed by atoms with Gasteiger partial charge in [-0.1, -0.05) is 0 Å². The molecule has 0 radical (unpaired) electrons. The first kappa shape index (κ1) is 14.0. The van der Waals surface area contributed by atoms with Gasteiger partial charge in [0.1, 0.15) is 0 Å². The van der Waals surface area contributed by atoms with Crippen molar-refractivity contribution in [3.63, 3.8) is 0 Å². The quantitative estimate of drug-likeness (QED) is 0.817. The molecule has 1 aromatic heterocycles.